The molecule has 4 rings (SSSR count). The highest BCUT2D eigenvalue weighted by molar-refractivity contribution is 5.74. The van der Waals surface area contributed by atoms with Crippen molar-refractivity contribution in [2.75, 3.05) is 0 Å². The first-order valence-corrected chi connectivity index (χ1v) is 8.45. The molecule has 0 saturated carbocycles. The van der Waals surface area contributed by atoms with Gasteiger partial charge >= 0.3 is 0 Å². The molecule has 0 saturated heterocycles. The summed E-state index contributed by atoms with van der Waals surface area (Å²) < 4.78 is 54.1. The number of aryl methyl sites for hydroxylation is 6. The Bertz CT molecular complexity index is 1310. The second kappa shape index (κ2) is 5.84. The molecule has 0 aliphatic rings. The Labute approximate surface area is 162 Å². The van der Waals surface area contributed by atoms with Crippen LogP contribution in [0, 0.1) is 27.6 Å². The van der Waals surface area contributed by atoms with Crippen molar-refractivity contribution in [2.45, 2.75) is 27.6 Å². The van der Waals surface area contributed by atoms with Gasteiger partial charge in [0.1, 0.15) is 12.7 Å². The lowest BCUT2D eigenvalue weighted by atomic mass is 9.95. The average Bonchev–Trinajstić information content (AvgIpc) is 3.25. The van der Waals surface area contributed by atoms with Crippen LogP contribution in [0.4, 0.5) is 0 Å². The predicted molar refractivity (Wildman–Crippen MR) is 105 cm³/mol. The number of aromatic nitrogens is 4. The summed E-state index contributed by atoms with van der Waals surface area (Å²) in [5, 5.41) is 0. The molecule has 132 valence electrons. The first-order valence-electron chi connectivity index (χ1n) is 11.4. The summed E-state index contributed by atoms with van der Waals surface area (Å²) in [7, 11) is 3.70. The average molecular weight is 352 g/mol. The van der Waals surface area contributed by atoms with Crippen molar-refractivity contribution in [3.05, 3.63) is 65.2 Å². The molecular weight excluding hydrogens is 320 g/mol. The van der Waals surface area contributed by atoms with E-state index in [0.717, 1.165) is 28.4 Å². The van der Waals surface area contributed by atoms with Gasteiger partial charge in [-0.2, -0.15) is 4.57 Å². The van der Waals surface area contributed by atoms with Crippen molar-refractivity contribution in [1.29, 1.82) is 0 Å². The molecule has 0 amide bonds. The van der Waals surface area contributed by atoms with E-state index >= 15 is 0 Å². The number of hydrogen-bond acceptors (Lipinski definition) is 1. The summed E-state index contributed by atoms with van der Waals surface area (Å²) >= 11 is 0. The molecule has 3 heterocycles. The number of hydrogen-bond donors (Lipinski definition) is 0. The van der Waals surface area contributed by atoms with E-state index in [9.17, 15) is 0 Å². The van der Waals surface area contributed by atoms with Crippen molar-refractivity contribution < 1.29 is 12.8 Å². The highest BCUT2D eigenvalue weighted by Crippen LogP contribution is 2.31. The highest BCUT2D eigenvalue weighted by Gasteiger charge is 2.23. The number of fused-ring (bicyclic) bond motifs is 1. The van der Waals surface area contributed by atoms with Gasteiger partial charge in [0.15, 0.2) is 6.20 Å². The van der Waals surface area contributed by atoms with E-state index in [1.165, 1.54) is 0 Å². The molecule has 0 unspecified atom stereocenters. The molecule has 0 fully saturated rings. The van der Waals surface area contributed by atoms with Crippen LogP contribution in [0.15, 0.2) is 42.9 Å². The number of benzene rings is 1. The third-order valence-electron chi connectivity index (χ3n) is 4.94. The summed E-state index contributed by atoms with van der Waals surface area (Å²) in [6.07, 6.45) is 5.18. The largest absolute Gasteiger partial charge is 0.308 e. The fourth-order valence-corrected chi connectivity index (χ4v) is 3.62. The molecule has 0 aliphatic carbocycles. The monoisotopic (exact) mass is 351 g/mol. The quantitative estimate of drug-likeness (QED) is 0.500. The third kappa shape index (κ3) is 2.37. The summed E-state index contributed by atoms with van der Waals surface area (Å²) in [5.41, 5.74) is 4.42. The molecule has 4 heteroatoms. The fourth-order valence-electron chi connectivity index (χ4n) is 3.62. The number of rotatable bonds is 2. The van der Waals surface area contributed by atoms with Gasteiger partial charge in [-0.3, -0.25) is 4.40 Å². The van der Waals surface area contributed by atoms with E-state index in [1.807, 2.05) is 42.1 Å². The van der Waals surface area contributed by atoms with Crippen LogP contribution in [0.25, 0.3) is 28.3 Å². The minimum Gasteiger partial charge on any atom is -0.308 e. The lowest BCUT2D eigenvalue weighted by molar-refractivity contribution is -0.660. The van der Waals surface area contributed by atoms with Crippen LogP contribution in [0.2, 0.25) is 0 Å². The molecule has 4 aromatic rings. The van der Waals surface area contributed by atoms with E-state index in [0.29, 0.717) is 11.1 Å². The first-order chi connectivity index (χ1) is 14.8. The maximum absolute atomic E-state index is 8.11. The second-order valence-corrected chi connectivity index (χ2v) is 6.74. The van der Waals surface area contributed by atoms with Crippen molar-refractivity contribution in [2.24, 2.45) is 14.1 Å². The number of pyridine rings is 1. The predicted octanol–water partition coefficient (Wildman–Crippen LogP) is 4.06. The van der Waals surface area contributed by atoms with Crippen LogP contribution >= 0.6 is 0 Å². The second-order valence-electron chi connectivity index (χ2n) is 6.74. The SMILES string of the molecule is [2H]C([2H])([2H])c1cc(C)ccc1-c1cc(-c2c(C)n3ccnc3n2C)[n+](C)cc1C([2H])([2H])[2H]. The third-order valence-corrected chi connectivity index (χ3v) is 4.94. The van der Waals surface area contributed by atoms with E-state index < -0.39 is 13.7 Å². The molecule has 0 N–H and O–H groups in total. The zero-order chi connectivity index (χ0) is 23.6. The van der Waals surface area contributed by atoms with E-state index in [2.05, 4.69) is 4.98 Å². The topological polar surface area (TPSA) is 26.1 Å². The van der Waals surface area contributed by atoms with Crippen molar-refractivity contribution in [3.8, 4) is 22.5 Å². The van der Waals surface area contributed by atoms with Crippen LogP contribution < -0.4 is 4.57 Å². The van der Waals surface area contributed by atoms with Crippen molar-refractivity contribution >= 4 is 5.78 Å². The Morgan fingerprint density at radius 2 is 1.88 bits per heavy atom. The van der Waals surface area contributed by atoms with E-state index in [1.54, 1.807) is 42.2 Å². The first kappa shape index (κ1) is 11.0. The van der Waals surface area contributed by atoms with Gasteiger partial charge in [0.2, 0.25) is 11.5 Å². The van der Waals surface area contributed by atoms with Crippen LogP contribution in [0.5, 0.6) is 0 Å². The van der Waals surface area contributed by atoms with Crippen LogP contribution in [0.3, 0.4) is 0 Å². The maximum atomic E-state index is 8.11. The van der Waals surface area contributed by atoms with Gasteiger partial charge in [-0.15, -0.1) is 0 Å². The summed E-state index contributed by atoms with van der Waals surface area (Å²) in [6.45, 7) is -1.00. The molecule has 1 aromatic carbocycles. The number of imidazole rings is 2. The number of nitrogens with zero attached hydrogens (tertiary/aromatic N) is 4. The Balaban J connectivity index is 2.09. The molecule has 0 atom stereocenters. The van der Waals surface area contributed by atoms with Gasteiger partial charge < -0.3 is 4.57 Å². The Morgan fingerprint density at radius 3 is 2.62 bits per heavy atom. The smallest absolute Gasteiger partial charge is 0.231 e. The fraction of sp³-hybridized carbons (Fsp3) is 0.273. The van der Waals surface area contributed by atoms with Gasteiger partial charge in [0.25, 0.3) is 0 Å². The van der Waals surface area contributed by atoms with Gasteiger partial charge in [0.05, 0.1) is 5.69 Å². The van der Waals surface area contributed by atoms with Crippen molar-refractivity contribution in [3.63, 3.8) is 0 Å². The zero-order valence-corrected chi connectivity index (χ0v) is 15.3. The molecule has 0 spiro atoms. The Hall–Kier alpha value is -2.88. The van der Waals surface area contributed by atoms with Gasteiger partial charge in [-0.1, -0.05) is 23.8 Å². The Morgan fingerprint density at radius 1 is 1.08 bits per heavy atom. The minimum absolute atomic E-state index is 0.106. The van der Waals surface area contributed by atoms with E-state index in [4.69, 9.17) is 8.22 Å². The standard InChI is InChI=1S/C22H25N4/c1-14-7-8-18(15(2)11-14)19-12-20(24(5)13-16(19)3)21-17(4)26-10-9-23-22(26)25(21)6/h7-13H,1-6H3/q+1/i2D3,3D3. The maximum Gasteiger partial charge on any atom is 0.231 e. The van der Waals surface area contributed by atoms with Crippen molar-refractivity contribution in [1.82, 2.24) is 14.0 Å². The Kier molecular flexibility index (Phi) is 2.46. The zero-order valence-electron chi connectivity index (χ0n) is 21.3. The molecule has 4 nitrogen and oxygen atoms in total. The molecule has 0 bridgehead atoms. The molecule has 0 radical (unpaired) electrons. The van der Waals surface area contributed by atoms with Crippen LogP contribution in [0.1, 0.15) is 30.6 Å². The normalized spacial score (nSPS) is 15.8. The molecule has 3 aromatic heterocycles. The van der Waals surface area contributed by atoms with Crippen LogP contribution in [-0.2, 0) is 14.1 Å². The highest BCUT2D eigenvalue weighted by atomic mass is 15.2. The van der Waals surface area contributed by atoms with E-state index in [-0.39, 0.29) is 11.1 Å². The molecular formula is C22H25N4+. The lowest BCUT2D eigenvalue weighted by Gasteiger charge is -2.12. The van der Waals surface area contributed by atoms with Gasteiger partial charge in [-0.25, -0.2) is 4.98 Å². The summed E-state index contributed by atoms with van der Waals surface area (Å²) in [5.74, 6) is 0.762. The van der Waals surface area contributed by atoms with Crippen LogP contribution in [-0.4, -0.2) is 14.0 Å². The van der Waals surface area contributed by atoms with Gasteiger partial charge in [-0.05, 0) is 44.2 Å². The summed E-state index contributed by atoms with van der Waals surface area (Å²) in [6, 6.07) is 6.90. The molecule has 26 heavy (non-hydrogen) atoms. The van der Waals surface area contributed by atoms with Gasteiger partial charge in [0, 0.05) is 39.3 Å². The molecule has 0 aliphatic heterocycles. The summed E-state index contributed by atoms with van der Waals surface area (Å²) in [4.78, 5) is 4.40. The minimum atomic E-state index is -2.42. The lowest BCUT2D eigenvalue weighted by Crippen LogP contribution is -2.32.